The molecule has 22 heavy (non-hydrogen) atoms. The molecule has 1 amide bonds. The molecule has 1 aliphatic rings. The molecule has 6 nitrogen and oxygen atoms in total. The molecule has 0 bridgehead atoms. The lowest BCUT2D eigenvalue weighted by Gasteiger charge is -2.10. The maximum Gasteiger partial charge on any atom is 0.287 e. The second-order valence-corrected chi connectivity index (χ2v) is 6.32. The smallest absolute Gasteiger partial charge is 0.287 e. The number of imidazole rings is 1. The van der Waals surface area contributed by atoms with Crippen LogP contribution in [0.4, 0.5) is 0 Å². The molecule has 1 fully saturated rings. The van der Waals surface area contributed by atoms with Gasteiger partial charge in [-0.05, 0) is 31.5 Å². The van der Waals surface area contributed by atoms with E-state index in [0.717, 1.165) is 23.9 Å². The number of hydrogen-bond acceptors (Lipinski definition) is 5. The van der Waals surface area contributed by atoms with Crippen LogP contribution in [0.5, 0.6) is 0 Å². The molecule has 3 rings (SSSR count). The van der Waals surface area contributed by atoms with E-state index in [2.05, 4.69) is 15.6 Å². The molecule has 0 spiro atoms. The van der Waals surface area contributed by atoms with Crippen LogP contribution in [0, 0.1) is 0 Å². The highest BCUT2D eigenvalue weighted by molar-refractivity contribution is 7.98. The van der Waals surface area contributed by atoms with Crippen molar-refractivity contribution in [2.75, 3.05) is 13.1 Å². The Labute approximate surface area is 133 Å². The Hall–Kier alpha value is -1.73. The van der Waals surface area contributed by atoms with E-state index in [9.17, 15) is 4.79 Å². The molecule has 1 aliphatic heterocycles. The monoisotopic (exact) mass is 320 g/mol. The van der Waals surface area contributed by atoms with Crippen molar-refractivity contribution in [3.8, 4) is 0 Å². The van der Waals surface area contributed by atoms with E-state index < -0.39 is 0 Å². The Morgan fingerprint density at radius 3 is 3.23 bits per heavy atom. The molecule has 0 saturated carbocycles. The molecule has 1 unspecified atom stereocenters. The Morgan fingerprint density at radius 2 is 2.50 bits per heavy atom. The minimum Gasteiger partial charge on any atom is -0.455 e. The van der Waals surface area contributed by atoms with Gasteiger partial charge in [-0.3, -0.25) is 4.79 Å². The van der Waals surface area contributed by atoms with E-state index in [1.165, 1.54) is 6.42 Å². The van der Waals surface area contributed by atoms with Crippen LogP contribution in [0.3, 0.4) is 0 Å². The lowest BCUT2D eigenvalue weighted by molar-refractivity contribution is 0.0921. The summed E-state index contributed by atoms with van der Waals surface area (Å²) in [6.45, 7) is 1.69. The van der Waals surface area contributed by atoms with Gasteiger partial charge in [0, 0.05) is 32.0 Å². The quantitative estimate of drug-likeness (QED) is 0.794. The molecule has 2 aromatic heterocycles. The number of aryl methyl sites for hydroxylation is 1. The number of carbonyl (C=O) groups excluding carboxylic acids is 1. The first-order valence-corrected chi connectivity index (χ1v) is 8.41. The van der Waals surface area contributed by atoms with Gasteiger partial charge in [-0.1, -0.05) is 11.8 Å². The highest BCUT2D eigenvalue weighted by Gasteiger charge is 2.17. The molecule has 3 heterocycles. The summed E-state index contributed by atoms with van der Waals surface area (Å²) in [7, 11) is 1.95. The summed E-state index contributed by atoms with van der Waals surface area (Å²) < 4.78 is 7.56. The third-order valence-corrected chi connectivity index (χ3v) is 4.76. The second-order valence-electron chi connectivity index (χ2n) is 5.38. The van der Waals surface area contributed by atoms with E-state index in [1.807, 2.05) is 23.9 Å². The number of amides is 1. The fraction of sp³-hybridized carbons (Fsp3) is 0.467. The first kappa shape index (κ1) is 15.2. The largest absolute Gasteiger partial charge is 0.455 e. The van der Waals surface area contributed by atoms with Crippen molar-refractivity contribution in [2.45, 2.75) is 29.8 Å². The van der Waals surface area contributed by atoms with Gasteiger partial charge in [-0.15, -0.1) is 0 Å². The van der Waals surface area contributed by atoms with Crippen LogP contribution in [0.1, 0.15) is 29.2 Å². The normalized spacial score (nSPS) is 17.8. The van der Waals surface area contributed by atoms with Crippen LogP contribution in [-0.4, -0.2) is 34.6 Å². The number of furan rings is 1. The van der Waals surface area contributed by atoms with Gasteiger partial charge in [0.1, 0.15) is 5.76 Å². The van der Waals surface area contributed by atoms with Crippen LogP contribution in [-0.2, 0) is 12.8 Å². The molecule has 0 aliphatic carbocycles. The first-order valence-electron chi connectivity index (χ1n) is 7.43. The fourth-order valence-electron chi connectivity index (χ4n) is 2.44. The van der Waals surface area contributed by atoms with Gasteiger partial charge in [0.05, 0.1) is 5.75 Å². The van der Waals surface area contributed by atoms with Gasteiger partial charge in [-0.2, -0.15) is 0 Å². The van der Waals surface area contributed by atoms with E-state index in [-0.39, 0.29) is 5.91 Å². The first-order chi connectivity index (χ1) is 10.7. The lowest BCUT2D eigenvalue weighted by Crippen LogP contribution is -2.37. The summed E-state index contributed by atoms with van der Waals surface area (Å²) in [6.07, 6.45) is 5.96. The Balaban J connectivity index is 1.49. The van der Waals surface area contributed by atoms with Gasteiger partial charge < -0.3 is 19.6 Å². The van der Waals surface area contributed by atoms with Crippen molar-refractivity contribution >= 4 is 17.7 Å². The second kappa shape index (κ2) is 7.02. The van der Waals surface area contributed by atoms with E-state index in [1.54, 1.807) is 24.0 Å². The minimum atomic E-state index is -0.151. The third-order valence-electron chi connectivity index (χ3n) is 3.68. The molecule has 2 N–H and O–H groups in total. The number of carbonyl (C=O) groups is 1. The molecule has 1 saturated heterocycles. The molecule has 0 radical (unpaired) electrons. The van der Waals surface area contributed by atoms with Gasteiger partial charge in [0.15, 0.2) is 10.9 Å². The summed E-state index contributed by atoms with van der Waals surface area (Å²) in [5, 5.41) is 7.19. The van der Waals surface area contributed by atoms with Crippen molar-refractivity contribution in [2.24, 2.45) is 7.05 Å². The Kier molecular flexibility index (Phi) is 4.84. The number of rotatable bonds is 6. The lowest BCUT2D eigenvalue weighted by atomic mass is 10.2. The summed E-state index contributed by atoms with van der Waals surface area (Å²) >= 11 is 1.58. The van der Waals surface area contributed by atoms with Crippen LogP contribution >= 0.6 is 11.8 Å². The number of aromatic nitrogens is 2. The highest BCUT2D eigenvalue weighted by atomic mass is 32.2. The van der Waals surface area contributed by atoms with Crippen LogP contribution in [0.15, 0.2) is 34.1 Å². The summed E-state index contributed by atoms with van der Waals surface area (Å²) in [5.41, 5.74) is 0. The zero-order chi connectivity index (χ0) is 15.4. The fourth-order valence-corrected chi connectivity index (χ4v) is 3.26. The molecule has 118 valence electrons. The average molecular weight is 320 g/mol. The van der Waals surface area contributed by atoms with Crippen molar-refractivity contribution in [1.29, 1.82) is 0 Å². The van der Waals surface area contributed by atoms with Crippen LogP contribution in [0.25, 0.3) is 0 Å². The number of nitrogens with one attached hydrogen (secondary N) is 2. The zero-order valence-corrected chi connectivity index (χ0v) is 13.4. The topological polar surface area (TPSA) is 72.1 Å². The maximum atomic E-state index is 12.0. The number of nitrogens with zero attached hydrogens (tertiary/aromatic N) is 2. The summed E-state index contributed by atoms with van der Waals surface area (Å²) in [4.78, 5) is 16.3. The molecule has 0 aromatic carbocycles. The third kappa shape index (κ3) is 3.72. The van der Waals surface area contributed by atoms with Crippen LogP contribution < -0.4 is 10.6 Å². The zero-order valence-electron chi connectivity index (χ0n) is 12.5. The average Bonchev–Trinajstić information content (AvgIpc) is 3.25. The van der Waals surface area contributed by atoms with Crippen molar-refractivity contribution in [3.63, 3.8) is 0 Å². The predicted octanol–water partition coefficient (Wildman–Crippen LogP) is 1.79. The van der Waals surface area contributed by atoms with E-state index in [0.29, 0.717) is 24.1 Å². The maximum absolute atomic E-state index is 12.0. The Morgan fingerprint density at radius 1 is 1.59 bits per heavy atom. The molecule has 1 atom stereocenters. The van der Waals surface area contributed by atoms with E-state index >= 15 is 0 Å². The van der Waals surface area contributed by atoms with Crippen LogP contribution in [0.2, 0.25) is 0 Å². The van der Waals surface area contributed by atoms with Gasteiger partial charge in [0.25, 0.3) is 5.91 Å². The van der Waals surface area contributed by atoms with Gasteiger partial charge in [0.2, 0.25) is 0 Å². The summed E-state index contributed by atoms with van der Waals surface area (Å²) in [5.74, 6) is 1.65. The van der Waals surface area contributed by atoms with Crippen molar-refractivity contribution in [3.05, 3.63) is 36.0 Å². The summed E-state index contributed by atoms with van der Waals surface area (Å²) in [6, 6.07) is 3.96. The van der Waals surface area contributed by atoms with Gasteiger partial charge >= 0.3 is 0 Å². The number of thioether (sulfide) groups is 1. The standard InChI is InChI=1S/C15H20N4O2S/c1-19-8-7-17-15(19)22-10-12-4-5-13(21-12)14(20)18-9-11-3-2-6-16-11/h4-5,7-8,11,16H,2-3,6,9-10H2,1H3,(H,18,20). The SMILES string of the molecule is Cn1ccnc1SCc1ccc(C(=O)NCC2CCCN2)o1. The van der Waals surface area contributed by atoms with Crippen molar-refractivity contribution < 1.29 is 9.21 Å². The molecular formula is C15H20N4O2S. The molecule has 2 aromatic rings. The molecule has 7 heteroatoms. The minimum absolute atomic E-state index is 0.151. The predicted molar refractivity (Wildman–Crippen MR) is 84.8 cm³/mol. The Bertz CT molecular complexity index is 631. The van der Waals surface area contributed by atoms with Gasteiger partial charge in [-0.25, -0.2) is 4.98 Å². The molecular weight excluding hydrogens is 300 g/mol. The number of hydrogen-bond donors (Lipinski definition) is 2. The van der Waals surface area contributed by atoms with Crippen molar-refractivity contribution in [1.82, 2.24) is 20.2 Å². The van der Waals surface area contributed by atoms with E-state index in [4.69, 9.17) is 4.42 Å². The highest BCUT2D eigenvalue weighted by Crippen LogP contribution is 2.21.